The lowest BCUT2D eigenvalue weighted by atomic mass is 10.0. The molecule has 1 aromatic heterocycles. The Labute approximate surface area is 135 Å². The van der Waals surface area contributed by atoms with E-state index < -0.39 is 0 Å². The minimum atomic E-state index is 0.934. The molecule has 4 rings (SSSR count). The highest BCUT2D eigenvalue weighted by molar-refractivity contribution is 5.92. The lowest BCUT2D eigenvalue weighted by Crippen LogP contribution is -1.96. The molecule has 0 radical (unpaired) electrons. The van der Waals surface area contributed by atoms with E-state index in [1.54, 1.807) is 0 Å². The molecule has 110 valence electrons. The number of benzene rings is 3. The van der Waals surface area contributed by atoms with Crippen LogP contribution in [0.25, 0.3) is 33.4 Å². The molecule has 0 aliphatic rings. The van der Waals surface area contributed by atoms with Crippen molar-refractivity contribution in [2.24, 2.45) is 0 Å². The Morgan fingerprint density at radius 1 is 0.609 bits per heavy atom. The maximum atomic E-state index is 4.96. The van der Waals surface area contributed by atoms with E-state index in [-0.39, 0.29) is 0 Å². The first kappa shape index (κ1) is 13.6. The van der Waals surface area contributed by atoms with Crippen molar-refractivity contribution in [3.63, 3.8) is 0 Å². The molecule has 0 saturated heterocycles. The van der Waals surface area contributed by atoms with E-state index in [1.807, 2.05) is 55.5 Å². The number of aromatic nitrogens is 2. The minimum Gasteiger partial charge on any atom is -0.249 e. The number of aryl methyl sites for hydroxylation is 1. The third kappa shape index (κ3) is 2.49. The summed E-state index contributed by atoms with van der Waals surface area (Å²) >= 11 is 0. The van der Waals surface area contributed by atoms with Crippen molar-refractivity contribution in [2.75, 3.05) is 0 Å². The molecular formula is C21H16N2. The van der Waals surface area contributed by atoms with Crippen molar-refractivity contribution in [3.8, 4) is 22.4 Å². The van der Waals surface area contributed by atoms with Gasteiger partial charge in [0.1, 0.15) is 0 Å². The molecule has 2 heteroatoms. The molecule has 4 aromatic rings. The quantitative estimate of drug-likeness (QED) is 0.503. The molecule has 3 aromatic carbocycles. The maximum absolute atomic E-state index is 4.96. The molecular weight excluding hydrogens is 280 g/mol. The summed E-state index contributed by atoms with van der Waals surface area (Å²) in [4.78, 5) is 9.73. The molecule has 0 N–H and O–H groups in total. The highest BCUT2D eigenvalue weighted by Crippen LogP contribution is 2.29. The third-order valence-corrected chi connectivity index (χ3v) is 4.00. The first-order valence-corrected chi connectivity index (χ1v) is 7.71. The first-order valence-electron chi connectivity index (χ1n) is 7.71. The molecule has 0 spiro atoms. The van der Waals surface area contributed by atoms with Crippen LogP contribution in [0, 0.1) is 6.92 Å². The van der Waals surface area contributed by atoms with E-state index >= 15 is 0 Å². The van der Waals surface area contributed by atoms with Gasteiger partial charge in [-0.25, -0.2) is 9.97 Å². The molecule has 0 unspecified atom stereocenters. The summed E-state index contributed by atoms with van der Waals surface area (Å²) in [5.41, 5.74) is 7.16. The molecule has 0 saturated carbocycles. The molecule has 0 aliphatic carbocycles. The predicted molar refractivity (Wildman–Crippen MR) is 95.1 cm³/mol. The standard InChI is InChI=1S/C21H16N2/c1-15-20(17-11-6-3-7-12-17)23-21-18(13-8-14-19(21)22-15)16-9-4-2-5-10-16/h2-14H,1H3. The van der Waals surface area contributed by atoms with E-state index in [0.29, 0.717) is 0 Å². The van der Waals surface area contributed by atoms with Crippen molar-refractivity contribution in [3.05, 3.63) is 84.6 Å². The van der Waals surface area contributed by atoms with E-state index in [0.717, 1.165) is 39.1 Å². The third-order valence-electron chi connectivity index (χ3n) is 4.00. The molecule has 0 bridgehead atoms. The van der Waals surface area contributed by atoms with Gasteiger partial charge < -0.3 is 0 Å². The van der Waals surface area contributed by atoms with Crippen LogP contribution < -0.4 is 0 Å². The molecule has 0 amide bonds. The second-order valence-corrected chi connectivity index (χ2v) is 5.56. The molecule has 2 nitrogen and oxygen atoms in total. The zero-order valence-electron chi connectivity index (χ0n) is 12.9. The van der Waals surface area contributed by atoms with E-state index in [4.69, 9.17) is 9.97 Å². The minimum absolute atomic E-state index is 0.934. The Hall–Kier alpha value is -3.00. The van der Waals surface area contributed by atoms with Crippen molar-refractivity contribution in [1.82, 2.24) is 9.97 Å². The number of para-hydroxylation sites is 1. The fourth-order valence-corrected chi connectivity index (χ4v) is 2.89. The van der Waals surface area contributed by atoms with Gasteiger partial charge in [0.25, 0.3) is 0 Å². The van der Waals surface area contributed by atoms with Gasteiger partial charge in [-0.05, 0) is 18.6 Å². The summed E-state index contributed by atoms with van der Waals surface area (Å²) in [5.74, 6) is 0. The number of fused-ring (bicyclic) bond motifs is 1. The van der Waals surface area contributed by atoms with Crippen LogP contribution in [0.5, 0.6) is 0 Å². The second-order valence-electron chi connectivity index (χ2n) is 5.56. The Balaban J connectivity index is 2.00. The monoisotopic (exact) mass is 296 g/mol. The average molecular weight is 296 g/mol. The molecule has 1 heterocycles. The molecule has 0 fully saturated rings. The lowest BCUT2D eigenvalue weighted by molar-refractivity contribution is 1.19. The maximum Gasteiger partial charge on any atom is 0.0972 e. The van der Waals surface area contributed by atoms with Crippen LogP contribution in [0.1, 0.15) is 5.69 Å². The number of rotatable bonds is 2. The van der Waals surface area contributed by atoms with Crippen LogP contribution in [0.3, 0.4) is 0 Å². The smallest absolute Gasteiger partial charge is 0.0972 e. The van der Waals surface area contributed by atoms with Crippen LogP contribution in [0.4, 0.5) is 0 Å². The fraction of sp³-hybridized carbons (Fsp3) is 0.0476. The average Bonchev–Trinajstić information content (AvgIpc) is 2.62. The van der Waals surface area contributed by atoms with E-state index in [9.17, 15) is 0 Å². The van der Waals surface area contributed by atoms with Crippen molar-refractivity contribution in [1.29, 1.82) is 0 Å². The zero-order valence-corrected chi connectivity index (χ0v) is 12.9. The van der Waals surface area contributed by atoms with Gasteiger partial charge in [0.05, 0.1) is 22.4 Å². The molecule has 0 atom stereocenters. The zero-order chi connectivity index (χ0) is 15.6. The highest BCUT2D eigenvalue weighted by Gasteiger charge is 2.11. The number of hydrogen-bond acceptors (Lipinski definition) is 2. The van der Waals surface area contributed by atoms with Crippen molar-refractivity contribution >= 4 is 11.0 Å². The van der Waals surface area contributed by atoms with E-state index in [2.05, 4.69) is 30.3 Å². The summed E-state index contributed by atoms with van der Waals surface area (Å²) < 4.78 is 0. The lowest BCUT2D eigenvalue weighted by Gasteiger charge is -2.10. The summed E-state index contributed by atoms with van der Waals surface area (Å²) in [6, 6.07) is 26.8. The van der Waals surface area contributed by atoms with Crippen LogP contribution in [0.15, 0.2) is 78.9 Å². The summed E-state index contributed by atoms with van der Waals surface area (Å²) in [6.45, 7) is 2.02. The number of hydrogen-bond donors (Lipinski definition) is 0. The van der Waals surface area contributed by atoms with Gasteiger partial charge in [0.15, 0.2) is 0 Å². The van der Waals surface area contributed by atoms with Gasteiger partial charge in [-0.15, -0.1) is 0 Å². The van der Waals surface area contributed by atoms with Crippen LogP contribution in [-0.4, -0.2) is 9.97 Å². The van der Waals surface area contributed by atoms with Crippen molar-refractivity contribution < 1.29 is 0 Å². The van der Waals surface area contributed by atoms with Gasteiger partial charge in [0, 0.05) is 11.1 Å². The Morgan fingerprint density at radius 2 is 1.26 bits per heavy atom. The second kappa shape index (κ2) is 5.65. The Morgan fingerprint density at radius 3 is 1.96 bits per heavy atom. The first-order chi connectivity index (χ1) is 11.3. The highest BCUT2D eigenvalue weighted by atomic mass is 14.8. The van der Waals surface area contributed by atoms with Crippen LogP contribution in [0.2, 0.25) is 0 Å². The Bertz CT molecular complexity index is 961. The Kier molecular flexibility index (Phi) is 3.35. The van der Waals surface area contributed by atoms with Gasteiger partial charge >= 0.3 is 0 Å². The SMILES string of the molecule is Cc1nc2cccc(-c3ccccc3)c2nc1-c1ccccc1. The predicted octanol–water partition coefficient (Wildman–Crippen LogP) is 5.27. The van der Waals surface area contributed by atoms with E-state index in [1.165, 1.54) is 0 Å². The summed E-state index contributed by atoms with van der Waals surface area (Å²) in [6.07, 6.45) is 0. The van der Waals surface area contributed by atoms with Gasteiger partial charge in [-0.2, -0.15) is 0 Å². The molecule has 23 heavy (non-hydrogen) atoms. The fourth-order valence-electron chi connectivity index (χ4n) is 2.89. The van der Waals surface area contributed by atoms with Gasteiger partial charge in [0.2, 0.25) is 0 Å². The van der Waals surface area contributed by atoms with Crippen LogP contribution >= 0.6 is 0 Å². The largest absolute Gasteiger partial charge is 0.249 e. The van der Waals surface area contributed by atoms with Gasteiger partial charge in [-0.3, -0.25) is 0 Å². The number of nitrogens with zero attached hydrogens (tertiary/aromatic N) is 2. The van der Waals surface area contributed by atoms with Gasteiger partial charge in [-0.1, -0.05) is 72.8 Å². The topological polar surface area (TPSA) is 25.8 Å². The van der Waals surface area contributed by atoms with Crippen LogP contribution in [-0.2, 0) is 0 Å². The van der Waals surface area contributed by atoms with Crippen molar-refractivity contribution in [2.45, 2.75) is 6.92 Å². The molecule has 0 aliphatic heterocycles. The summed E-state index contributed by atoms with van der Waals surface area (Å²) in [7, 11) is 0. The summed E-state index contributed by atoms with van der Waals surface area (Å²) in [5, 5.41) is 0. The normalized spacial score (nSPS) is 10.8.